The third-order valence-electron chi connectivity index (χ3n) is 14.5. The van der Waals surface area contributed by atoms with Crippen molar-refractivity contribution in [3.05, 3.63) is 56.8 Å². The van der Waals surface area contributed by atoms with Crippen LogP contribution in [0.15, 0.2) is 23.3 Å². The van der Waals surface area contributed by atoms with Gasteiger partial charge in [-0.15, -0.1) is 22.7 Å². The number of amides is 8. The average molecular weight is 1330 g/mol. The highest BCUT2D eigenvalue weighted by Gasteiger charge is 2.54. The number of H-pyrrole nitrogens is 1. The second-order valence-corrected chi connectivity index (χ2v) is 22.9. The van der Waals surface area contributed by atoms with Gasteiger partial charge in [0.1, 0.15) is 94.6 Å². The molecule has 6 heterocycles. The average Bonchev–Trinajstić information content (AvgIpc) is 2.00. The number of aromatic nitrogens is 6. The molecule has 4 aromatic heterocycles. The lowest BCUT2D eigenvalue weighted by molar-refractivity contribution is -0.372. The summed E-state index contributed by atoms with van der Waals surface area (Å²) in [6.45, 7) is 2.63. The molecule has 8 amide bonds. The van der Waals surface area contributed by atoms with Crippen molar-refractivity contribution in [2.45, 2.75) is 150 Å². The van der Waals surface area contributed by atoms with Gasteiger partial charge in [-0.05, 0) is 20.8 Å². The molecular formula is C51H75N17O21S2. The third-order valence-corrected chi connectivity index (χ3v) is 16.3. The molecule has 91 heavy (non-hydrogen) atoms. The van der Waals surface area contributed by atoms with Gasteiger partial charge in [-0.1, -0.05) is 6.92 Å². The molecule has 19 unspecified atom stereocenters. The van der Waals surface area contributed by atoms with Crippen molar-refractivity contribution in [2.75, 3.05) is 39.1 Å². The number of imidazole rings is 1. The molecule has 2 aliphatic rings. The predicted octanol–water partition coefficient (Wildman–Crippen LogP) is -8.34. The topological polar surface area (TPSA) is 627 Å². The number of anilines is 1. The van der Waals surface area contributed by atoms with Crippen molar-refractivity contribution in [2.24, 2.45) is 28.9 Å². The Balaban J connectivity index is 1.30. The molecule has 2 saturated heterocycles. The lowest BCUT2D eigenvalue weighted by Crippen LogP contribution is -2.65. The van der Waals surface area contributed by atoms with E-state index in [1.807, 2.05) is 0 Å². The van der Waals surface area contributed by atoms with Crippen LogP contribution in [0.1, 0.15) is 82.4 Å². The molecule has 19 atom stereocenters. The lowest BCUT2D eigenvalue weighted by atomic mass is 9.96. The van der Waals surface area contributed by atoms with Gasteiger partial charge in [0.2, 0.25) is 29.5 Å². The number of aliphatic hydroxyl groups excluding tert-OH is 8. The number of aliphatic hydroxyl groups is 8. The van der Waals surface area contributed by atoms with Crippen LogP contribution in [-0.2, 0) is 54.1 Å². The highest BCUT2D eigenvalue weighted by Crippen LogP contribution is 2.35. The van der Waals surface area contributed by atoms with Crippen LogP contribution in [0.25, 0.3) is 10.7 Å². The minimum Gasteiger partial charge on any atom is -0.441 e. The van der Waals surface area contributed by atoms with Crippen LogP contribution in [-0.4, -0.2) is 249 Å². The van der Waals surface area contributed by atoms with Crippen LogP contribution in [0, 0.1) is 12.8 Å². The zero-order valence-corrected chi connectivity index (χ0v) is 51.0. The normalized spacial score (nSPS) is 24.6. The Hall–Kier alpha value is -7.65. The van der Waals surface area contributed by atoms with Gasteiger partial charge in [0.05, 0.1) is 72.7 Å². The summed E-state index contributed by atoms with van der Waals surface area (Å²) in [6, 6.07) is -7.84. The molecule has 0 radical (unpaired) electrons. The van der Waals surface area contributed by atoms with Crippen LogP contribution in [0.2, 0.25) is 0 Å². The van der Waals surface area contributed by atoms with Crippen molar-refractivity contribution < 1.29 is 103 Å². The van der Waals surface area contributed by atoms with Gasteiger partial charge in [-0.25, -0.2) is 29.7 Å². The fraction of sp³-hybridized carbons (Fsp3) is 0.588. The van der Waals surface area contributed by atoms with Gasteiger partial charge in [0.15, 0.2) is 18.7 Å². The van der Waals surface area contributed by atoms with E-state index in [-0.39, 0.29) is 54.0 Å². The van der Waals surface area contributed by atoms with Crippen molar-refractivity contribution in [1.82, 2.24) is 61.8 Å². The maximum atomic E-state index is 15.1. The first-order valence-electron chi connectivity index (χ1n) is 27.9. The number of nitrogens with two attached hydrogens (primary N) is 5. The highest BCUT2D eigenvalue weighted by molar-refractivity contribution is 7.14. The molecule has 2 fully saturated rings. The van der Waals surface area contributed by atoms with Crippen molar-refractivity contribution >= 4 is 75.9 Å². The van der Waals surface area contributed by atoms with E-state index in [1.54, 1.807) is 10.8 Å². The number of nitrogens with one attached hydrogen (secondary N) is 7. The molecule has 38 nitrogen and oxygen atoms in total. The van der Waals surface area contributed by atoms with Gasteiger partial charge in [-0.3, -0.25) is 33.6 Å². The molecule has 0 aromatic carbocycles. The number of hydrogen-bond acceptors (Lipinski definition) is 31. The fourth-order valence-electron chi connectivity index (χ4n) is 9.27. The quantitative estimate of drug-likeness (QED) is 0.0222. The number of hydrogen-bond donors (Lipinski definition) is 20. The summed E-state index contributed by atoms with van der Waals surface area (Å²) in [7, 11) is 1.47. The molecule has 0 aliphatic carbocycles. The number of primary amides is 3. The second-order valence-electron chi connectivity index (χ2n) is 21.1. The number of thiazole rings is 2. The fourth-order valence-corrected chi connectivity index (χ4v) is 10.9. The number of ether oxygens (including phenoxy) is 5. The minimum absolute atomic E-state index is 0.00609. The standard InChI is InChI=1S/C51H75N17O21S2/c1-16-29(65-42(68-40(16)54)21(8-27(53)72)60-9-20(52)41(55)78)46(82)67-31(37(22-10-58-15-61-22)87-50-39(35(76)33(74)25(11-69)86-50)88-49-36(77)38(89-51(56)84)34(75)26(12-70)85-49)47(83)62-18(3)32(73)17(2)43(79)66-30(19(4)71)45(81)59-7-6-28-63-24(14-90-28)48-64-23(13-91-48)44(80)57-5/h10,13-15,17-21,25-26,30-39,49-50,60,69-71,73-77H,6-9,11-12,52H2,1-5H3,(H2,53,72)(H2,55,78)(H2,56,84)(H,57,80)(H,58,61)(H,59,81)(H,62,83)(H,66,79)(H,67,82)(H2,54,65,68). The predicted molar refractivity (Wildman–Crippen MR) is 311 cm³/mol. The number of rotatable bonds is 31. The summed E-state index contributed by atoms with van der Waals surface area (Å²) in [6.07, 6.45) is -25.1. The van der Waals surface area contributed by atoms with Gasteiger partial charge < -0.3 is 130 Å². The first kappa shape index (κ1) is 72.4. The SMILES string of the molecule is CNC(=O)c1csc(-c2csc(CCNC(=O)C(NC(=O)C(C)C(O)C(C)NC(=O)C(NC(=O)c3nc(C(CC(N)=O)NCC(N)C(N)=O)nc(N)c3C)C(OC3OC(CO)C(O)C(O)C3OC3OC(CO)C(O)C(OC(N)=O)C3O)c3cnc[nH]3)C(C)O)n2)n1. The van der Waals surface area contributed by atoms with E-state index >= 15 is 4.79 Å². The van der Waals surface area contributed by atoms with Crippen LogP contribution < -0.4 is 60.6 Å². The van der Waals surface area contributed by atoms with E-state index in [9.17, 15) is 74.4 Å². The molecule has 25 N–H and O–H groups in total. The molecule has 2 aliphatic heterocycles. The van der Waals surface area contributed by atoms with Gasteiger partial charge in [0, 0.05) is 49.3 Å². The molecule has 0 bridgehead atoms. The summed E-state index contributed by atoms with van der Waals surface area (Å²) < 4.78 is 28.7. The van der Waals surface area contributed by atoms with Gasteiger partial charge >= 0.3 is 6.09 Å². The first-order valence-corrected chi connectivity index (χ1v) is 29.6. The molecule has 6 rings (SSSR count). The van der Waals surface area contributed by atoms with Crippen LogP contribution in [0.5, 0.6) is 0 Å². The number of carbonyl (C=O) groups is 8. The molecule has 40 heteroatoms. The largest absolute Gasteiger partial charge is 0.441 e. The van der Waals surface area contributed by atoms with E-state index in [2.05, 4.69) is 61.8 Å². The Labute approximate surface area is 524 Å². The summed E-state index contributed by atoms with van der Waals surface area (Å²) >= 11 is 2.48. The maximum absolute atomic E-state index is 15.1. The van der Waals surface area contributed by atoms with E-state index in [0.29, 0.717) is 15.7 Å². The Morgan fingerprint density at radius 2 is 1.47 bits per heavy atom. The number of aromatic amines is 1. The van der Waals surface area contributed by atoms with E-state index in [4.69, 9.17) is 52.4 Å². The number of nitrogen functional groups attached to an aromatic ring is 1. The van der Waals surface area contributed by atoms with Crippen LogP contribution >= 0.6 is 22.7 Å². The van der Waals surface area contributed by atoms with Crippen molar-refractivity contribution in [1.29, 1.82) is 0 Å². The molecule has 0 spiro atoms. The van der Waals surface area contributed by atoms with Gasteiger partial charge in [0.25, 0.3) is 11.8 Å². The zero-order chi connectivity index (χ0) is 67.3. The minimum atomic E-state index is -2.20. The number of carbonyl (C=O) groups excluding carboxylic acids is 8. The zero-order valence-electron chi connectivity index (χ0n) is 49.3. The Bertz CT molecular complexity index is 3160. The molecular weight excluding hydrogens is 1250 g/mol. The Morgan fingerprint density at radius 1 is 0.791 bits per heavy atom. The number of nitrogens with zero attached hydrogens (tertiary/aromatic N) is 5. The second kappa shape index (κ2) is 32.6. The summed E-state index contributed by atoms with van der Waals surface area (Å²) in [5.41, 5.74) is 28.0. The van der Waals surface area contributed by atoms with Crippen LogP contribution in [0.3, 0.4) is 0 Å². The van der Waals surface area contributed by atoms with E-state index < -0.39 is 183 Å². The molecule has 4 aromatic rings. The van der Waals surface area contributed by atoms with Crippen molar-refractivity contribution in [3.63, 3.8) is 0 Å². The van der Waals surface area contributed by atoms with Crippen molar-refractivity contribution in [3.8, 4) is 10.7 Å². The van der Waals surface area contributed by atoms with E-state index in [0.717, 1.165) is 12.5 Å². The van der Waals surface area contributed by atoms with Crippen LogP contribution in [0.4, 0.5) is 10.6 Å². The highest BCUT2D eigenvalue weighted by atomic mass is 32.1. The van der Waals surface area contributed by atoms with Gasteiger partial charge in [-0.2, -0.15) is 0 Å². The summed E-state index contributed by atoms with van der Waals surface area (Å²) in [4.78, 5) is 129. The van der Waals surface area contributed by atoms with E-state index in [1.165, 1.54) is 57.4 Å². The molecule has 502 valence electrons. The summed E-state index contributed by atoms with van der Waals surface area (Å²) in [5.74, 6) is -8.76. The Kier molecular flexibility index (Phi) is 25.9. The first-order chi connectivity index (χ1) is 43.0. The third kappa shape index (κ3) is 18.3. The Morgan fingerprint density at radius 3 is 2.09 bits per heavy atom. The molecule has 0 saturated carbocycles. The lowest BCUT2D eigenvalue weighted by Gasteiger charge is -2.47. The maximum Gasteiger partial charge on any atom is 0.404 e. The summed E-state index contributed by atoms with van der Waals surface area (Å²) in [5, 5.41) is 107. The monoisotopic (exact) mass is 1330 g/mol. The smallest absolute Gasteiger partial charge is 0.404 e.